The number of nitrogens with zero attached hydrogens (tertiary/aromatic N) is 6. The van der Waals surface area contributed by atoms with Crippen LogP contribution in [0.4, 0.5) is 0 Å². The fraction of sp³-hybridized carbons (Fsp3) is 0.172. The summed E-state index contributed by atoms with van der Waals surface area (Å²) in [5.41, 5.74) is 6.16. The molecule has 6 aromatic rings. The van der Waals surface area contributed by atoms with Crippen LogP contribution < -0.4 is 0 Å². The molecular weight excluding hydrogens is 432 g/mol. The molecule has 0 aliphatic rings. The zero-order valence-electron chi connectivity index (χ0n) is 19.5. The van der Waals surface area contributed by atoms with Crippen LogP contribution >= 0.6 is 0 Å². The normalized spacial score (nSPS) is 11.4. The van der Waals surface area contributed by atoms with Gasteiger partial charge in [-0.05, 0) is 67.8 Å². The van der Waals surface area contributed by atoms with E-state index in [1.54, 1.807) is 0 Å². The summed E-state index contributed by atoms with van der Waals surface area (Å²) < 4.78 is 4.62. The topological polar surface area (TPSA) is 61.4 Å². The molecule has 4 heterocycles. The predicted molar refractivity (Wildman–Crippen MR) is 140 cm³/mol. The van der Waals surface area contributed by atoms with Crippen LogP contribution in [0.1, 0.15) is 19.3 Å². The van der Waals surface area contributed by atoms with Gasteiger partial charge in [0, 0.05) is 25.5 Å². The highest BCUT2D eigenvalue weighted by Crippen LogP contribution is 2.26. The van der Waals surface area contributed by atoms with Gasteiger partial charge in [0.05, 0.1) is 22.1 Å². The van der Waals surface area contributed by atoms with Crippen molar-refractivity contribution in [2.24, 2.45) is 0 Å². The maximum Gasteiger partial charge on any atom is 0.159 e. The van der Waals surface area contributed by atoms with E-state index in [4.69, 9.17) is 9.97 Å². The van der Waals surface area contributed by atoms with E-state index in [9.17, 15) is 0 Å². The van der Waals surface area contributed by atoms with Crippen LogP contribution in [0.15, 0.2) is 97.3 Å². The third-order valence-corrected chi connectivity index (χ3v) is 6.36. The summed E-state index contributed by atoms with van der Waals surface area (Å²) in [7, 11) is 0. The molecule has 0 fully saturated rings. The Labute approximate surface area is 204 Å². The van der Waals surface area contributed by atoms with Gasteiger partial charge in [0.1, 0.15) is 11.4 Å². The number of hydrogen-bond donors (Lipinski definition) is 0. The average molecular weight is 459 g/mol. The van der Waals surface area contributed by atoms with E-state index < -0.39 is 0 Å². The molecule has 6 rings (SSSR count). The lowest BCUT2D eigenvalue weighted by Gasteiger charge is -2.11. The summed E-state index contributed by atoms with van der Waals surface area (Å²) >= 11 is 0. The number of para-hydroxylation sites is 4. The van der Waals surface area contributed by atoms with Gasteiger partial charge in [-0.2, -0.15) is 0 Å². The first-order valence-corrected chi connectivity index (χ1v) is 12.1. The Bertz CT molecular complexity index is 1450. The molecule has 0 bridgehead atoms. The van der Waals surface area contributed by atoms with E-state index in [0.717, 1.165) is 77.5 Å². The molecule has 0 amide bonds. The first-order valence-electron chi connectivity index (χ1n) is 12.1. The number of unbranched alkanes of at least 4 members (excludes halogenated alkanes) is 2. The van der Waals surface area contributed by atoms with Crippen molar-refractivity contribution in [3.05, 3.63) is 97.3 Å². The molecule has 6 heteroatoms. The number of pyridine rings is 2. The molecule has 4 aromatic heterocycles. The van der Waals surface area contributed by atoms with Crippen LogP contribution in [-0.4, -0.2) is 29.1 Å². The molecule has 0 spiro atoms. The molecule has 172 valence electrons. The molecule has 0 radical (unpaired) electrons. The minimum atomic E-state index is 0.907. The second-order valence-electron chi connectivity index (χ2n) is 8.64. The minimum Gasteiger partial charge on any atom is -0.323 e. The van der Waals surface area contributed by atoms with E-state index >= 15 is 0 Å². The van der Waals surface area contributed by atoms with E-state index in [1.807, 2.05) is 60.9 Å². The van der Waals surface area contributed by atoms with Crippen LogP contribution in [0.25, 0.3) is 45.1 Å². The Morgan fingerprint density at radius 1 is 0.486 bits per heavy atom. The van der Waals surface area contributed by atoms with Crippen molar-refractivity contribution in [1.82, 2.24) is 29.1 Å². The van der Waals surface area contributed by atoms with E-state index in [0.29, 0.717) is 0 Å². The van der Waals surface area contributed by atoms with Gasteiger partial charge in [0.25, 0.3) is 0 Å². The molecule has 0 saturated heterocycles. The summed E-state index contributed by atoms with van der Waals surface area (Å²) in [6.07, 6.45) is 6.88. The summed E-state index contributed by atoms with van der Waals surface area (Å²) in [4.78, 5) is 18.9. The third kappa shape index (κ3) is 4.19. The predicted octanol–water partition coefficient (Wildman–Crippen LogP) is 6.38. The van der Waals surface area contributed by atoms with Crippen LogP contribution in [0.5, 0.6) is 0 Å². The second-order valence-corrected chi connectivity index (χ2v) is 8.64. The second kappa shape index (κ2) is 9.50. The minimum absolute atomic E-state index is 0.907. The zero-order valence-corrected chi connectivity index (χ0v) is 19.5. The molecule has 0 saturated carbocycles. The highest BCUT2D eigenvalue weighted by Gasteiger charge is 2.14. The first kappa shape index (κ1) is 21.2. The standard InChI is InChI=1S/C29H26N6/c1(10-20-34-26-16-4-2-12-22(26)32-28(34)24-14-6-8-18-30-24)11-21-35-27-17-5-3-13-23(27)33-29(35)25-15-7-9-19-31-25/h2-9,12-19H,1,10-11,20-21H2. The number of fused-ring (bicyclic) bond motifs is 2. The van der Waals surface area contributed by atoms with Gasteiger partial charge in [0.15, 0.2) is 11.6 Å². The number of aryl methyl sites for hydroxylation is 2. The average Bonchev–Trinajstić information content (AvgIpc) is 3.48. The Hall–Kier alpha value is -4.32. The summed E-state index contributed by atoms with van der Waals surface area (Å²) in [5.74, 6) is 1.87. The molecule has 0 aliphatic carbocycles. The number of rotatable bonds is 8. The van der Waals surface area contributed by atoms with E-state index in [2.05, 4.69) is 55.5 Å². The Balaban J connectivity index is 1.20. The fourth-order valence-electron chi connectivity index (χ4n) is 4.70. The number of imidazole rings is 2. The van der Waals surface area contributed by atoms with Crippen molar-refractivity contribution >= 4 is 22.1 Å². The highest BCUT2D eigenvalue weighted by atomic mass is 15.1. The SMILES string of the molecule is c1ccc(-c2nc3ccccc3n2CCCCCn2c(-c3ccccn3)nc3ccccc32)nc1. The highest BCUT2D eigenvalue weighted by molar-refractivity contribution is 5.80. The van der Waals surface area contributed by atoms with Crippen LogP contribution in [0.3, 0.4) is 0 Å². The van der Waals surface area contributed by atoms with Crippen molar-refractivity contribution in [3.8, 4) is 23.0 Å². The number of aromatic nitrogens is 6. The van der Waals surface area contributed by atoms with Gasteiger partial charge in [-0.1, -0.05) is 36.4 Å². The lowest BCUT2D eigenvalue weighted by atomic mass is 10.2. The van der Waals surface area contributed by atoms with Crippen molar-refractivity contribution in [1.29, 1.82) is 0 Å². The molecular formula is C29H26N6. The van der Waals surface area contributed by atoms with Crippen molar-refractivity contribution in [2.45, 2.75) is 32.4 Å². The molecule has 0 unspecified atom stereocenters. The molecule has 0 N–H and O–H groups in total. The van der Waals surface area contributed by atoms with Gasteiger partial charge < -0.3 is 9.13 Å². The monoisotopic (exact) mass is 458 g/mol. The van der Waals surface area contributed by atoms with Crippen molar-refractivity contribution in [2.75, 3.05) is 0 Å². The maximum absolute atomic E-state index is 4.88. The largest absolute Gasteiger partial charge is 0.323 e. The van der Waals surface area contributed by atoms with Crippen LogP contribution in [-0.2, 0) is 13.1 Å². The number of hydrogen-bond acceptors (Lipinski definition) is 4. The molecule has 6 nitrogen and oxygen atoms in total. The van der Waals surface area contributed by atoms with Gasteiger partial charge in [-0.25, -0.2) is 9.97 Å². The molecule has 35 heavy (non-hydrogen) atoms. The molecule has 0 aliphatic heterocycles. The van der Waals surface area contributed by atoms with Gasteiger partial charge >= 0.3 is 0 Å². The summed E-state index contributed by atoms with van der Waals surface area (Å²) in [6.45, 7) is 1.81. The third-order valence-electron chi connectivity index (χ3n) is 6.36. The van der Waals surface area contributed by atoms with Gasteiger partial charge in [0.2, 0.25) is 0 Å². The molecule has 2 aromatic carbocycles. The van der Waals surface area contributed by atoms with Gasteiger partial charge in [-0.3, -0.25) is 9.97 Å². The first-order chi connectivity index (χ1) is 17.4. The van der Waals surface area contributed by atoms with Crippen molar-refractivity contribution < 1.29 is 0 Å². The Morgan fingerprint density at radius 3 is 1.40 bits per heavy atom. The lowest BCUT2D eigenvalue weighted by molar-refractivity contribution is 0.559. The molecule has 0 atom stereocenters. The smallest absolute Gasteiger partial charge is 0.159 e. The quantitative estimate of drug-likeness (QED) is 0.248. The van der Waals surface area contributed by atoms with Gasteiger partial charge in [-0.15, -0.1) is 0 Å². The lowest BCUT2D eigenvalue weighted by Crippen LogP contribution is -2.04. The van der Waals surface area contributed by atoms with E-state index in [1.165, 1.54) is 0 Å². The van der Waals surface area contributed by atoms with Crippen molar-refractivity contribution in [3.63, 3.8) is 0 Å². The van der Waals surface area contributed by atoms with E-state index in [-0.39, 0.29) is 0 Å². The zero-order chi connectivity index (χ0) is 23.5. The summed E-state index contributed by atoms with van der Waals surface area (Å²) in [5, 5.41) is 0. The maximum atomic E-state index is 4.88. The number of benzene rings is 2. The Kier molecular flexibility index (Phi) is 5.77. The van der Waals surface area contributed by atoms with Crippen LogP contribution in [0, 0.1) is 0 Å². The Morgan fingerprint density at radius 2 is 0.943 bits per heavy atom. The summed E-state index contributed by atoms with van der Waals surface area (Å²) in [6, 6.07) is 28.6. The fourth-order valence-corrected chi connectivity index (χ4v) is 4.70. The van der Waals surface area contributed by atoms with Crippen LogP contribution in [0.2, 0.25) is 0 Å².